The minimum absolute atomic E-state index is 0.447. The summed E-state index contributed by atoms with van der Waals surface area (Å²) in [7, 11) is 0. The van der Waals surface area contributed by atoms with Crippen molar-refractivity contribution in [3.8, 4) is 35.2 Å². The average Bonchev–Trinajstić information content (AvgIpc) is 3.59. The van der Waals surface area contributed by atoms with Crippen LogP contribution in [0, 0.1) is 23.7 Å². The molecule has 5 rings (SSSR count). The summed E-state index contributed by atoms with van der Waals surface area (Å²) in [5.74, 6) is 16.2. The van der Waals surface area contributed by atoms with Crippen LogP contribution in [0.2, 0.25) is 0 Å². The Balaban J connectivity index is 1.38. The SMILES string of the molecule is CCCCCCCCCCCCOc1cc(C#Cc2ccc(C3=NC(C)(C)C(C)(C)N3O)cc2)c(OCCCCCCCCCCCC)cc1C#Cc1ccc(C2=NC(C)(C)C(C)(C)N2O)cc1. The van der Waals surface area contributed by atoms with Gasteiger partial charge in [0.1, 0.15) is 11.5 Å². The van der Waals surface area contributed by atoms with Gasteiger partial charge in [0.05, 0.1) is 46.5 Å². The van der Waals surface area contributed by atoms with E-state index in [-0.39, 0.29) is 0 Å². The number of unbranched alkanes of at least 4 members (excludes halogenated alkanes) is 18. The van der Waals surface area contributed by atoms with Gasteiger partial charge in [0, 0.05) is 34.4 Å². The highest BCUT2D eigenvalue weighted by atomic mass is 16.5. The lowest BCUT2D eigenvalue weighted by Gasteiger charge is -2.36. The van der Waals surface area contributed by atoms with Crippen molar-refractivity contribution in [1.29, 1.82) is 0 Å². The molecule has 0 spiro atoms. The third kappa shape index (κ3) is 14.6. The molecule has 0 saturated heterocycles. The molecule has 0 amide bonds. The van der Waals surface area contributed by atoms with Crippen LogP contribution in [0.3, 0.4) is 0 Å². The van der Waals surface area contributed by atoms with E-state index in [1.165, 1.54) is 113 Å². The standard InChI is InChI=1S/C60H86N4O4/c1-11-13-15-17-19-21-23-25-27-29-43-67-53-45-52(42-36-48-33-39-50(40-34-48)56-62-58(5,6)60(9,10)64(56)66)54(68-44-30-28-26-24-22-20-18-16-14-12-2)46-51(53)41-35-47-31-37-49(38-32-47)55-61-57(3,4)59(7,8)63(55)65/h31-34,37-40,45-46,65-66H,11-30,43-44H2,1-10H3. The molecule has 2 aliphatic rings. The number of rotatable bonds is 26. The van der Waals surface area contributed by atoms with Crippen molar-refractivity contribution in [2.45, 2.75) is 220 Å². The van der Waals surface area contributed by atoms with Crippen LogP contribution in [0.25, 0.3) is 0 Å². The molecule has 0 saturated carbocycles. The lowest BCUT2D eigenvalue weighted by atomic mass is 9.84. The largest absolute Gasteiger partial charge is 0.492 e. The first kappa shape index (κ1) is 54.2. The minimum Gasteiger partial charge on any atom is -0.492 e. The number of nitrogens with zero attached hydrogens (tertiary/aromatic N) is 4. The molecule has 0 unspecified atom stereocenters. The van der Waals surface area contributed by atoms with E-state index >= 15 is 0 Å². The molecule has 0 aliphatic carbocycles. The van der Waals surface area contributed by atoms with Crippen molar-refractivity contribution in [2.75, 3.05) is 13.2 Å². The lowest BCUT2D eigenvalue weighted by Crippen LogP contribution is -2.51. The quantitative estimate of drug-likeness (QED) is 0.0616. The van der Waals surface area contributed by atoms with E-state index in [4.69, 9.17) is 19.5 Å². The van der Waals surface area contributed by atoms with Gasteiger partial charge in [-0.1, -0.05) is 153 Å². The summed E-state index contributed by atoms with van der Waals surface area (Å²) in [6, 6.07) is 19.8. The van der Waals surface area contributed by atoms with Crippen LogP contribution < -0.4 is 9.47 Å². The molecule has 0 aromatic heterocycles. The summed E-state index contributed by atoms with van der Waals surface area (Å²) in [4.78, 5) is 9.75. The topological polar surface area (TPSA) is 90.1 Å². The predicted octanol–water partition coefficient (Wildman–Crippen LogP) is 15.1. The molecule has 3 aromatic rings. The van der Waals surface area contributed by atoms with E-state index in [1.54, 1.807) is 0 Å². The molecule has 0 fully saturated rings. The number of hydroxylamine groups is 4. The highest BCUT2D eigenvalue weighted by Crippen LogP contribution is 2.39. The molecule has 68 heavy (non-hydrogen) atoms. The van der Waals surface area contributed by atoms with Gasteiger partial charge in [-0.15, -0.1) is 0 Å². The zero-order valence-corrected chi connectivity index (χ0v) is 43.8. The van der Waals surface area contributed by atoms with Crippen LogP contribution in [0.5, 0.6) is 11.5 Å². The molecule has 2 N–H and O–H groups in total. The zero-order chi connectivity index (χ0) is 49.2. The number of hydrogen-bond acceptors (Lipinski definition) is 8. The van der Waals surface area contributed by atoms with Crippen LogP contribution in [0.1, 0.15) is 231 Å². The summed E-state index contributed by atoms with van der Waals surface area (Å²) in [5, 5.41) is 24.7. The smallest absolute Gasteiger partial charge is 0.156 e. The van der Waals surface area contributed by atoms with Crippen molar-refractivity contribution < 1.29 is 19.9 Å². The van der Waals surface area contributed by atoms with Crippen molar-refractivity contribution in [2.24, 2.45) is 9.98 Å². The first-order valence-electron chi connectivity index (χ1n) is 26.4. The fourth-order valence-electron chi connectivity index (χ4n) is 8.54. The third-order valence-corrected chi connectivity index (χ3v) is 14.8. The molecule has 370 valence electrons. The predicted molar refractivity (Wildman–Crippen MR) is 283 cm³/mol. The van der Waals surface area contributed by atoms with Gasteiger partial charge in [-0.3, -0.25) is 20.4 Å². The molecule has 0 atom stereocenters. The first-order valence-corrected chi connectivity index (χ1v) is 26.4. The summed E-state index contributed by atoms with van der Waals surface area (Å²) >= 11 is 0. The monoisotopic (exact) mass is 927 g/mol. The maximum absolute atomic E-state index is 11.1. The van der Waals surface area contributed by atoms with Gasteiger partial charge in [-0.25, -0.2) is 10.1 Å². The number of ether oxygens (including phenoxy) is 2. The first-order chi connectivity index (χ1) is 32.5. The Labute approximate surface area is 412 Å². The fourth-order valence-corrected chi connectivity index (χ4v) is 8.54. The maximum atomic E-state index is 11.1. The molecule has 3 aromatic carbocycles. The Morgan fingerprint density at radius 2 is 0.721 bits per heavy atom. The number of amidine groups is 2. The second kappa shape index (κ2) is 25.7. The third-order valence-electron chi connectivity index (χ3n) is 14.8. The highest BCUT2D eigenvalue weighted by Gasteiger charge is 2.50. The zero-order valence-electron chi connectivity index (χ0n) is 43.8. The Bertz CT molecular complexity index is 2070. The Morgan fingerprint density at radius 3 is 1.00 bits per heavy atom. The summed E-state index contributed by atoms with van der Waals surface area (Å²) in [6.45, 7) is 21.9. The number of hydrogen-bond donors (Lipinski definition) is 2. The van der Waals surface area contributed by atoms with E-state index in [1.807, 2.05) is 116 Å². The molecule has 2 heterocycles. The second-order valence-corrected chi connectivity index (χ2v) is 21.3. The second-order valence-electron chi connectivity index (χ2n) is 21.3. The molecule has 0 radical (unpaired) electrons. The van der Waals surface area contributed by atoms with E-state index in [0.29, 0.717) is 36.4 Å². The van der Waals surface area contributed by atoms with Gasteiger partial charge < -0.3 is 9.47 Å². The Hall–Kier alpha value is -4.76. The van der Waals surface area contributed by atoms with Crippen LogP contribution in [-0.2, 0) is 0 Å². The Morgan fingerprint density at radius 1 is 0.426 bits per heavy atom. The van der Waals surface area contributed by atoms with Crippen molar-refractivity contribution in [1.82, 2.24) is 10.1 Å². The molecule has 0 bridgehead atoms. The van der Waals surface area contributed by atoms with E-state index < -0.39 is 22.2 Å². The van der Waals surface area contributed by atoms with Crippen LogP contribution >= 0.6 is 0 Å². The van der Waals surface area contributed by atoms with E-state index in [9.17, 15) is 10.4 Å². The summed E-state index contributed by atoms with van der Waals surface area (Å²) < 4.78 is 13.2. The Kier molecular flexibility index (Phi) is 20.5. The fraction of sp³-hybridized carbons (Fsp3) is 0.600. The van der Waals surface area contributed by atoms with Crippen LogP contribution in [-0.4, -0.2) is 67.6 Å². The summed E-state index contributed by atoms with van der Waals surface area (Å²) in [6.07, 6.45) is 25.1. The molecular weight excluding hydrogens is 841 g/mol. The van der Waals surface area contributed by atoms with Gasteiger partial charge in [0.15, 0.2) is 11.7 Å². The summed E-state index contributed by atoms with van der Waals surface area (Å²) in [5.41, 5.74) is 2.92. The molecular formula is C60H86N4O4. The van der Waals surface area contributed by atoms with Crippen LogP contribution in [0.4, 0.5) is 0 Å². The number of benzene rings is 3. The van der Waals surface area contributed by atoms with Crippen molar-refractivity contribution >= 4 is 11.7 Å². The molecule has 8 heteroatoms. The van der Waals surface area contributed by atoms with Gasteiger partial charge >= 0.3 is 0 Å². The van der Waals surface area contributed by atoms with Gasteiger partial charge in [-0.2, -0.15) is 0 Å². The van der Waals surface area contributed by atoms with Gasteiger partial charge in [-0.05, 0) is 117 Å². The van der Waals surface area contributed by atoms with E-state index in [2.05, 4.69) is 37.5 Å². The molecule has 8 nitrogen and oxygen atoms in total. The van der Waals surface area contributed by atoms with Crippen molar-refractivity contribution in [3.63, 3.8) is 0 Å². The number of aliphatic imine (C=N–C) groups is 2. The lowest BCUT2D eigenvalue weighted by molar-refractivity contribution is -0.0992. The van der Waals surface area contributed by atoms with Gasteiger partial charge in [0.25, 0.3) is 0 Å². The van der Waals surface area contributed by atoms with Crippen LogP contribution in [0.15, 0.2) is 70.6 Å². The average molecular weight is 927 g/mol. The van der Waals surface area contributed by atoms with E-state index in [0.717, 1.165) is 59.1 Å². The van der Waals surface area contributed by atoms with Crippen molar-refractivity contribution in [3.05, 3.63) is 94.0 Å². The minimum atomic E-state index is -0.539. The van der Waals surface area contributed by atoms with Gasteiger partial charge in [0.2, 0.25) is 0 Å². The highest BCUT2D eigenvalue weighted by molar-refractivity contribution is 6.01. The normalized spacial score (nSPS) is 16.4. The molecule has 2 aliphatic heterocycles. The maximum Gasteiger partial charge on any atom is 0.156 e.